The number of unbranched alkanes of at least 4 members (excludes halogenated alkanes) is 5. The van der Waals surface area contributed by atoms with Crippen molar-refractivity contribution in [1.29, 1.82) is 0 Å². The Balaban J connectivity index is 3.40. The van der Waals surface area contributed by atoms with Gasteiger partial charge in [-0.2, -0.15) is 0 Å². The Morgan fingerprint density at radius 3 is 1.93 bits per heavy atom. The Labute approximate surface area is 100 Å². The van der Waals surface area contributed by atoms with Crippen molar-refractivity contribution < 1.29 is 0 Å². The molecule has 0 aromatic heterocycles. The van der Waals surface area contributed by atoms with Gasteiger partial charge in [-0.15, -0.1) is 12.2 Å². The van der Waals surface area contributed by atoms with Crippen molar-refractivity contribution in [2.75, 3.05) is 12.3 Å². The van der Waals surface area contributed by atoms with Crippen molar-refractivity contribution >= 4 is 29.3 Å². The molecule has 0 rings (SSSR count). The fourth-order valence-electron chi connectivity index (χ4n) is 1.48. The highest BCUT2D eigenvalue weighted by molar-refractivity contribution is 8.63. The minimum Gasteiger partial charge on any atom is -0.141 e. The molecule has 0 heterocycles. The summed E-state index contributed by atoms with van der Waals surface area (Å²) in [6.07, 6.45) is 11.7. The van der Waals surface area contributed by atoms with E-state index in [0.29, 0.717) is 0 Å². The van der Waals surface area contributed by atoms with E-state index in [0.717, 1.165) is 0 Å². The first-order chi connectivity index (χ1) is 6.62. The maximum atomic E-state index is 5.56. The zero-order valence-corrected chi connectivity index (χ0v) is 12.3. The third-order valence-corrected chi connectivity index (χ3v) is 6.80. The third-order valence-electron chi connectivity index (χ3n) is 2.47. The Kier molecular flexibility index (Phi) is 9.90. The van der Waals surface area contributed by atoms with Crippen LogP contribution in [0.2, 0.25) is 0 Å². The smallest absolute Gasteiger partial charge is 0.00343 e. The van der Waals surface area contributed by atoms with Gasteiger partial charge in [-0.1, -0.05) is 57.8 Å². The van der Waals surface area contributed by atoms with Gasteiger partial charge in [-0.05, 0) is 25.2 Å². The van der Waals surface area contributed by atoms with E-state index in [4.69, 9.17) is 11.8 Å². The van der Waals surface area contributed by atoms with Gasteiger partial charge in [0.05, 0.1) is 0 Å². The molecule has 0 bridgehead atoms. The Hall–Kier alpha value is 1.00. The lowest BCUT2D eigenvalue weighted by Crippen LogP contribution is -1.90. The molecule has 0 radical (unpaired) electrons. The monoisotopic (exact) mass is 252 g/mol. The van der Waals surface area contributed by atoms with Crippen LogP contribution in [0, 0.1) is 0 Å². The minimum atomic E-state index is -1.23. The molecule has 0 spiro atoms. The van der Waals surface area contributed by atoms with Crippen molar-refractivity contribution in [1.82, 2.24) is 0 Å². The summed E-state index contributed by atoms with van der Waals surface area (Å²) in [5.74, 6) is 0. The van der Waals surface area contributed by atoms with Gasteiger partial charge in [0.1, 0.15) is 0 Å². The lowest BCUT2D eigenvalue weighted by Gasteiger charge is -2.14. The first-order valence-electron chi connectivity index (χ1n) is 5.93. The van der Waals surface area contributed by atoms with Gasteiger partial charge < -0.3 is 0 Å². The number of hydrogen-bond acceptors (Lipinski definition) is 1. The van der Waals surface area contributed by atoms with E-state index in [-0.39, 0.29) is 0 Å². The van der Waals surface area contributed by atoms with Crippen LogP contribution in [-0.2, 0) is 11.8 Å². The first-order valence-corrected chi connectivity index (χ1v) is 10.3. The molecule has 0 N–H and O–H groups in total. The molecule has 1 atom stereocenters. The van der Waals surface area contributed by atoms with Crippen LogP contribution < -0.4 is 0 Å². The SMILES string of the molecule is CCCCCCCP(=S)(S)CCCC. The number of rotatable bonds is 9. The molecule has 0 aromatic carbocycles. The summed E-state index contributed by atoms with van der Waals surface area (Å²) in [6, 6.07) is 0. The summed E-state index contributed by atoms with van der Waals surface area (Å²) in [5.41, 5.74) is 0. The van der Waals surface area contributed by atoms with Crippen LogP contribution in [0.25, 0.3) is 0 Å². The van der Waals surface area contributed by atoms with Crippen LogP contribution >= 0.6 is 17.5 Å². The molecule has 0 aliphatic carbocycles. The Morgan fingerprint density at radius 2 is 1.36 bits per heavy atom. The minimum absolute atomic E-state index is 1.20. The second-order valence-corrected chi connectivity index (χ2v) is 11.9. The molecule has 14 heavy (non-hydrogen) atoms. The van der Waals surface area contributed by atoms with Gasteiger partial charge >= 0.3 is 0 Å². The summed E-state index contributed by atoms with van der Waals surface area (Å²) in [5, 5.41) is -1.23. The van der Waals surface area contributed by atoms with E-state index in [1.54, 1.807) is 0 Å². The van der Waals surface area contributed by atoms with Crippen molar-refractivity contribution in [2.45, 2.75) is 58.8 Å². The maximum absolute atomic E-state index is 5.56. The predicted octanol–water partition coefficient (Wildman–Crippen LogP) is 5.08. The molecule has 0 aliphatic rings. The normalized spacial score (nSPS) is 15.4. The molecule has 0 amide bonds. The van der Waals surface area contributed by atoms with Crippen molar-refractivity contribution in [3.8, 4) is 0 Å². The largest absolute Gasteiger partial charge is 0.141 e. The van der Waals surface area contributed by atoms with Gasteiger partial charge in [0.2, 0.25) is 0 Å². The van der Waals surface area contributed by atoms with Crippen molar-refractivity contribution in [2.24, 2.45) is 0 Å². The van der Waals surface area contributed by atoms with Crippen molar-refractivity contribution in [3.05, 3.63) is 0 Å². The molecule has 1 unspecified atom stereocenters. The second kappa shape index (κ2) is 9.24. The highest BCUT2D eigenvalue weighted by Crippen LogP contribution is 2.52. The van der Waals surface area contributed by atoms with Gasteiger partial charge in [0.15, 0.2) is 0 Å². The standard InChI is InChI=1S/C11H25PS2/c1-3-5-7-8-9-11-12(13,14)10-6-4-2/h3-11H2,1-2H3,(H,13,14). The lowest BCUT2D eigenvalue weighted by molar-refractivity contribution is 0.658. The highest BCUT2D eigenvalue weighted by atomic mass is 32.9. The van der Waals surface area contributed by atoms with Crippen LogP contribution in [0.5, 0.6) is 0 Å². The third kappa shape index (κ3) is 9.55. The molecule has 86 valence electrons. The molecule has 0 saturated heterocycles. The summed E-state index contributed by atoms with van der Waals surface area (Å²) in [7, 11) is 0. The fraction of sp³-hybridized carbons (Fsp3) is 1.00. The lowest BCUT2D eigenvalue weighted by atomic mass is 10.2. The summed E-state index contributed by atoms with van der Waals surface area (Å²) < 4.78 is 0. The molecule has 0 fully saturated rings. The number of thiol groups is 1. The molecule has 0 aliphatic heterocycles. The van der Waals surface area contributed by atoms with Crippen LogP contribution in [0.1, 0.15) is 58.8 Å². The Bertz CT molecular complexity index is 169. The van der Waals surface area contributed by atoms with Crippen LogP contribution in [0.4, 0.5) is 0 Å². The highest BCUT2D eigenvalue weighted by Gasteiger charge is 2.09. The fourth-order valence-corrected chi connectivity index (χ4v) is 4.85. The molecular weight excluding hydrogens is 227 g/mol. The molecule has 0 saturated carbocycles. The van der Waals surface area contributed by atoms with Gasteiger partial charge in [0.25, 0.3) is 0 Å². The van der Waals surface area contributed by atoms with Gasteiger partial charge in [-0.25, -0.2) is 0 Å². The predicted molar refractivity (Wildman–Crippen MR) is 76.7 cm³/mol. The second-order valence-electron chi connectivity index (χ2n) is 4.06. The average molecular weight is 252 g/mol. The maximum Gasteiger partial charge on any atom is 0.00343 e. The Morgan fingerprint density at radius 1 is 0.857 bits per heavy atom. The van der Waals surface area contributed by atoms with E-state index in [1.165, 1.54) is 57.3 Å². The van der Waals surface area contributed by atoms with E-state index in [2.05, 4.69) is 26.1 Å². The molecule has 3 heteroatoms. The molecule has 0 aromatic rings. The summed E-state index contributed by atoms with van der Waals surface area (Å²) >= 11 is 10.2. The van der Waals surface area contributed by atoms with E-state index >= 15 is 0 Å². The summed E-state index contributed by atoms with van der Waals surface area (Å²) in [4.78, 5) is 0. The topological polar surface area (TPSA) is 0 Å². The van der Waals surface area contributed by atoms with Crippen molar-refractivity contribution in [3.63, 3.8) is 0 Å². The van der Waals surface area contributed by atoms with Crippen LogP contribution in [0.15, 0.2) is 0 Å². The van der Waals surface area contributed by atoms with E-state index in [1.807, 2.05) is 0 Å². The van der Waals surface area contributed by atoms with Gasteiger partial charge in [0, 0.05) is 5.24 Å². The molecule has 0 nitrogen and oxygen atoms in total. The van der Waals surface area contributed by atoms with Gasteiger partial charge in [-0.3, -0.25) is 0 Å². The zero-order chi connectivity index (χ0) is 10.9. The zero-order valence-electron chi connectivity index (χ0n) is 9.67. The first kappa shape index (κ1) is 15.0. The van der Waals surface area contributed by atoms with Crippen LogP contribution in [0.3, 0.4) is 0 Å². The summed E-state index contributed by atoms with van der Waals surface area (Å²) in [6.45, 7) is 4.48. The number of hydrogen-bond donors (Lipinski definition) is 1. The van der Waals surface area contributed by atoms with Crippen LogP contribution in [-0.4, -0.2) is 12.3 Å². The quantitative estimate of drug-likeness (QED) is 0.339. The molecular formula is C11H25PS2. The average Bonchev–Trinajstić information content (AvgIpc) is 2.15. The van der Waals surface area contributed by atoms with E-state index in [9.17, 15) is 0 Å². The van der Waals surface area contributed by atoms with E-state index < -0.39 is 5.24 Å².